The summed E-state index contributed by atoms with van der Waals surface area (Å²) in [6.07, 6.45) is 5.45. The van der Waals surface area contributed by atoms with Crippen molar-refractivity contribution in [3.63, 3.8) is 0 Å². The van der Waals surface area contributed by atoms with Gasteiger partial charge in [-0.1, -0.05) is 6.07 Å². The van der Waals surface area contributed by atoms with Crippen molar-refractivity contribution in [1.29, 1.82) is 0 Å². The summed E-state index contributed by atoms with van der Waals surface area (Å²) in [5, 5.41) is 0. The highest BCUT2D eigenvalue weighted by molar-refractivity contribution is 7.89. The largest absolute Gasteiger partial charge is 0.497 e. The predicted molar refractivity (Wildman–Crippen MR) is 105 cm³/mol. The molecule has 1 aromatic carbocycles. The minimum absolute atomic E-state index is 0.0516. The van der Waals surface area contributed by atoms with E-state index >= 15 is 0 Å². The van der Waals surface area contributed by atoms with Crippen LogP contribution in [0, 0.1) is 5.92 Å². The highest BCUT2D eigenvalue weighted by atomic mass is 32.2. The number of likely N-dealkylation sites (tertiary alicyclic amines) is 1. The summed E-state index contributed by atoms with van der Waals surface area (Å²) in [5.41, 5.74) is 0.884. The maximum Gasteiger partial charge on any atom is 0.240 e. The third kappa shape index (κ3) is 5.30. The number of hydrogen-bond donors (Lipinski definition) is 1. The molecule has 1 saturated heterocycles. The van der Waals surface area contributed by atoms with Crippen LogP contribution in [0.5, 0.6) is 5.75 Å². The van der Waals surface area contributed by atoms with Crippen molar-refractivity contribution in [2.45, 2.75) is 24.2 Å². The van der Waals surface area contributed by atoms with Gasteiger partial charge < -0.3 is 9.64 Å². The predicted octanol–water partition coefficient (Wildman–Crippen LogP) is 1.85. The van der Waals surface area contributed by atoms with E-state index in [4.69, 9.17) is 4.74 Å². The lowest BCUT2D eigenvalue weighted by Gasteiger charge is -2.33. The molecule has 3 rings (SSSR count). The lowest BCUT2D eigenvalue weighted by Crippen LogP contribution is -2.44. The quantitative estimate of drug-likeness (QED) is 0.762. The van der Waals surface area contributed by atoms with Crippen LogP contribution in [0.2, 0.25) is 0 Å². The molecule has 7 nitrogen and oxygen atoms in total. The molecule has 0 saturated carbocycles. The van der Waals surface area contributed by atoms with E-state index in [0.717, 1.165) is 18.4 Å². The van der Waals surface area contributed by atoms with Gasteiger partial charge in [0.2, 0.25) is 15.9 Å². The number of pyridine rings is 1. The topological polar surface area (TPSA) is 88.6 Å². The number of nitrogens with zero attached hydrogens (tertiary/aromatic N) is 2. The zero-order chi connectivity index (χ0) is 20.0. The molecular weight excluding hydrogens is 378 g/mol. The first-order valence-electron chi connectivity index (χ1n) is 9.28. The Hall–Kier alpha value is -2.45. The fourth-order valence-corrected chi connectivity index (χ4v) is 4.43. The third-order valence-corrected chi connectivity index (χ3v) is 6.32. The number of hydrogen-bond acceptors (Lipinski definition) is 5. The molecule has 1 aromatic heterocycles. The number of piperidine rings is 1. The van der Waals surface area contributed by atoms with E-state index < -0.39 is 10.0 Å². The van der Waals surface area contributed by atoms with Crippen molar-refractivity contribution < 1.29 is 17.9 Å². The summed E-state index contributed by atoms with van der Waals surface area (Å²) >= 11 is 0. The zero-order valence-electron chi connectivity index (χ0n) is 15.9. The van der Waals surface area contributed by atoms with E-state index in [9.17, 15) is 13.2 Å². The first kappa shape index (κ1) is 20.3. The maximum absolute atomic E-state index is 12.5. The summed E-state index contributed by atoms with van der Waals surface area (Å²) in [6, 6.07) is 9.98. The van der Waals surface area contributed by atoms with Gasteiger partial charge in [-0.05, 0) is 54.7 Å². The lowest BCUT2D eigenvalue weighted by atomic mass is 9.98. The van der Waals surface area contributed by atoms with E-state index in [1.165, 1.54) is 19.2 Å². The van der Waals surface area contributed by atoms with Gasteiger partial charge >= 0.3 is 0 Å². The van der Waals surface area contributed by atoms with Gasteiger partial charge in [0.05, 0.1) is 18.4 Å². The summed E-state index contributed by atoms with van der Waals surface area (Å²) < 4.78 is 32.7. The van der Waals surface area contributed by atoms with Gasteiger partial charge in [0, 0.05) is 32.0 Å². The molecule has 1 N–H and O–H groups in total. The number of carbonyl (C=O) groups is 1. The number of carbonyl (C=O) groups excluding carboxylic acids is 1. The summed E-state index contributed by atoms with van der Waals surface area (Å²) in [5.74, 6) is 0.754. The number of methoxy groups -OCH3 is 1. The Bertz CT molecular complexity index is 885. The Labute approximate surface area is 165 Å². The van der Waals surface area contributed by atoms with Crippen LogP contribution in [-0.4, -0.2) is 51.0 Å². The van der Waals surface area contributed by atoms with Gasteiger partial charge in [0.15, 0.2) is 0 Å². The molecule has 2 heterocycles. The summed E-state index contributed by atoms with van der Waals surface area (Å²) in [4.78, 5) is 18.6. The highest BCUT2D eigenvalue weighted by Gasteiger charge is 2.25. The third-order valence-electron chi connectivity index (χ3n) is 4.88. The van der Waals surface area contributed by atoms with Crippen molar-refractivity contribution in [1.82, 2.24) is 14.6 Å². The number of nitrogens with one attached hydrogen (secondary N) is 1. The standard InChI is InChI=1S/C20H25N3O4S/c1-27-18-6-8-19(9-7-18)28(25,26)22-14-17-5-3-11-23(15-17)20(24)12-16-4-2-10-21-13-16/h2,4,6-10,13,17,22H,3,5,11-12,14-15H2,1H3/t17-/m0/s1. The van der Waals surface area contributed by atoms with Gasteiger partial charge in [0.1, 0.15) is 5.75 Å². The Morgan fingerprint density at radius 2 is 2.07 bits per heavy atom. The smallest absolute Gasteiger partial charge is 0.240 e. The summed E-state index contributed by atoms with van der Waals surface area (Å²) in [6.45, 7) is 1.58. The molecular formula is C20H25N3O4S. The Morgan fingerprint density at radius 3 is 2.75 bits per heavy atom. The molecule has 150 valence electrons. The van der Waals surface area contributed by atoms with E-state index in [1.807, 2.05) is 17.0 Å². The molecule has 0 radical (unpaired) electrons. The molecule has 1 amide bonds. The van der Waals surface area contributed by atoms with Crippen molar-refractivity contribution in [2.24, 2.45) is 5.92 Å². The molecule has 0 spiro atoms. The van der Waals surface area contributed by atoms with Gasteiger partial charge in [-0.25, -0.2) is 13.1 Å². The second kappa shape index (κ2) is 9.16. The molecule has 1 aliphatic heterocycles. The van der Waals surface area contributed by atoms with Crippen molar-refractivity contribution in [2.75, 3.05) is 26.7 Å². The molecule has 2 aromatic rings. The lowest BCUT2D eigenvalue weighted by molar-refractivity contribution is -0.132. The van der Waals surface area contributed by atoms with Gasteiger partial charge in [-0.15, -0.1) is 0 Å². The fourth-order valence-electron chi connectivity index (χ4n) is 3.31. The average molecular weight is 404 g/mol. The van der Waals surface area contributed by atoms with Crippen LogP contribution in [0.4, 0.5) is 0 Å². The van der Waals surface area contributed by atoms with Crippen LogP contribution < -0.4 is 9.46 Å². The number of sulfonamides is 1. The number of rotatable bonds is 7. The van der Waals surface area contributed by atoms with Crippen LogP contribution in [0.25, 0.3) is 0 Å². The zero-order valence-corrected chi connectivity index (χ0v) is 16.7. The highest BCUT2D eigenvalue weighted by Crippen LogP contribution is 2.19. The Balaban J connectivity index is 1.54. The SMILES string of the molecule is COc1ccc(S(=O)(=O)NC[C@@H]2CCCN(C(=O)Cc3cccnc3)C2)cc1. The number of benzene rings is 1. The van der Waals surface area contributed by atoms with Crippen molar-refractivity contribution in [3.05, 3.63) is 54.4 Å². The molecule has 0 unspecified atom stereocenters. The minimum Gasteiger partial charge on any atom is -0.497 e. The van der Waals surface area contributed by atoms with Crippen molar-refractivity contribution in [3.8, 4) is 5.75 Å². The Kier molecular flexibility index (Phi) is 6.64. The van der Waals surface area contributed by atoms with Crippen LogP contribution >= 0.6 is 0 Å². The second-order valence-electron chi connectivity index (χ2n) is 6.91. The average Bonchev–Trinajstić information content (AvgIpc) is 2.73. The molecule has 0 bridgehead atoms. The minimum atomic E-state index is -3.59. The van der Waals surface area contributed by atoms with Crippen LogP contribution in [0.1, 0.15) is 18.4 Å². The van der Waals surface area contributed by atoms with E-state index in [0.29, 0.717) is 31.8 Å². The van der Waals surface area contributed by atoms with Crippen molar-refractivity contribution >= 4 is 15.9 Å². The molecule has 28 heavy (non-hydrogen) atoms. The van der Waals surface area contributed by atoms with Crippen LogP contribution in [0.3, 0.4) is 0 Å². The Morgan fingerprint density at radius 1 is 1.29 bits per heavy atom. The normalized spacial score (nSPS) is 17.3. The molecule has 8 heteroatoms. The van der Waals surface area contributed by atoms with Gasteiger partial charge in [-0.3, -0.25) is 9.78 Å². The number of amides is 1. The maximum atomic E-state index is 12.5. The van der Waals surface area contributed by atoms with E-state index in [1.54, 1.807) is 24.5 Å². The first-order valence-corrected chi connectivity index (χ1v) is 10.8. The molecule has 1 fully saturated rings. The van der Waals surface area contributed by atoms with E-state index in [-0.39, 0.29) is 16.7 Å². The van der Waals surface area contributed by atoms with Crippen LogP contribution in [-0.2, 0) is 21.2 Å². The first-order chi connectivity index (χ1) is 13.5. The van der Waals surface area contributed by atoms with Crippen LogP contribution in [0.15, 0.2) is 53.7 Å². The summed E-state index contributed by atoms with van der Waals surface area (Å²) in [7, 11) is -2.05. The van der Waals surface area contributed by atoms with Gasteiger partial charge in [-0.2, -0.15) is 0 Å². The number of aromatic nitrogens is 1. The monoisotopic (exact) mass is 403 g/mol. The molecule has 1 atom stereocenters. The number of ether oxygens (including phenoxy) is 1. The molecule has 0 aliphatic carbocycles. The molecule has 1 aliphatic rings. The van der Waals surface area contributed by atoms with E-state index in [2.05, 4.69) is 9.71 Å². The fraction of sp³-hybridized carbons (Fsp3) is 0.400. The second-order valence-corrected chi connectivity index (χ2v) is 8.68. The van der Waals surface area contributed by atoms with Gasteiger partial charge in [0.25, 0.3) is 0 Å².